The maximum Gasteiger partial charge on any atom is 0.227 e. The van der Waals surface area contributed by atoms with Crippen LogP contribution in [0.3, 0.4) is 0 Å². The molecule has 2 heterocycles. The Bertz CT molecular complexity index is 827. The van der Waals surface area contributed by atoms with E-state index in [0.29, 0.717) is 29.6 Å². The zero-order valence-electron chi connectivity index (χ0n) is 13.4. The molecule has 0 aliphatic rings. The molecule has 0 saturated carbocycles. The Morgan fingerprint density at radius 2 is 2.25 bits per heavy atom. The van der Waals surface area contributed by atoms with Crippen molar-refractivity contribution in [3.63, 3.8) is 0 Å². The van der Waals surface area contributed by atoms with Gasteiger partial charge in [0.2, 0.25) is 17.6 Å². The van der Waals surface area contributed by atoms with E-state index < -0.39 is 0 Å². The molecule has 0 atom stereocenters. The highest BCUT2D eigenvalue weighted by Crippen LogP contribution is 2.25. The number of rotatable bonds is 6. The van der Waals surface area contributed by atoms with Gasteiger partial charge in [-0.25, -0.2) is 0 Å². The van der Waals surface area contributed by atoms with Gasteiger partial charge in [0.25, 0.3) is 0 Å². The molecule has 0 aliphatic heterocycles. The van der Waals surface area contributed by atoms with Gasteiger partial charge in [-0.2, -0.15) is 16.3 Å². The van der Waals surface area contributed by atoms with E-state index in [1.54, 1.807) is 18.4 Å². The molecule has 2 aromatic heterocycles. The molecule has 3 rings (SSSR count). The van der Waals surface area contributed by atoms with Crippen molar-refractivity contribution >= 4 is 22.9 Å². The molecular weight excluding hydrogens is 326 g/mol. The van der Waals surface area contributed by atoms with Crippen LogP contribution < -0.4 is 10.1 Å². The van der Waals surface area contributed by atoms with Gasteiger partial charge >= 0.3 is 0 Å². The van der Waals surface area contributed by atoms with Crippen molar-refractivity contribution in [2.75, 3.05) is 12.4 Å². The van der Waals surface area contributed by atoms with Crippen LogP contribution in [0.5, 0.6) is 5.75 Å². The topological polar surface area (TPSA) is 77.2 Å². The van der Waals surface area contributed by atoms with Crippen LogP contribution in [0.1, 0.15) is 17.9 Å². The summed E-state index contributed by atoms with van der Waals surface area (Å²) in [6.45, 7) is 1.96. The van der Waals surface area contributed by atoms with Crippen LogP contribution in [-0.4, -0.2) is 23.2 Å². The summed E-state index contributed by atoms with van der Waals surface area (Å²) in [4.78, 5) is 16.4. The number of benzene rings is 1. The van der Waals surface area contributed by atoms with E-state index in [4.69, 9.17) is 9.26 Å². The van der Waals surface area contributed by atoms with Crippen molar-refractivity contribution in [1.82, 2.24) is 10.1 Å². The molecule has 0 unspecified atom stereocenters. The molecule has 1 amide bonds. The highest BCUT2D eigenvalue weighted by atomic mass is 32.1. The number of ether oxygens (including phenoxy) is 1. The summed E-state index contributed by atoms with van der Waals surface area (Å²) in [5.74, 6) is 1.50. The molecule has 0 aliphatic carbocycles. The molecular formula is C17H17N3O3S. The van der Waals surface area contributed by atoms with Crippen molar-refractivity contribution in [2.24, 2.45) is 0 Å². The second-order valence-corrected chi connectivity index (χ2v) is 6.06. The zero-order chi connectivity index (χ0) is 16.9. The van der Waals surface area contributed by atoms with Crippen molar-refractivity contribution in [3.05, 3.63) is 46.5 Å². The Hall–Kier alpha value is -2.67. The van der Waals surface area contributed by atoms with Gasteiger partial charge in [0.1, 0.15) is 5.75 Å². The number of aryl methyl sites for hydroxylation is 2. The molecule has 0 radical (unpaired) electrons. The zero-order valence-corrected chi connectivity index (χ0v) is 14.2. The number of anilines is 1. The quantitative estimate of drug-likeness (QED) is 0.738. The first-order valence-electron chi connectivity index (χ1n) is 7.45. The van der Waals surface area contributed by atoms with Gasteiger partial charge in [-0.15, -0.1) is 0 Å². The van der Waals surface area contributed by atoms with Crippen molar-refractivity contribution in [2.45, 2.75) is 19.8 Å². The standard InChI is InChI=1S/C17H17N3O3S/c1-11-3-4-14(22-2)13(9-11)18-15(21)5-6-16-19-17(20-23-16)12-7-8-24-10-12/h3-4,7-10H,5-6H2,1-2H3,(H,18,21). The fourth-order valence-electron chi connectivity index (χ4n) is 2.22. The second-order valence-electron chi connectivity index (χ2n) is 5.28. The lowest BCUT2D eigenvalue weighted by atomic mass is 10.2. The molecule has 3 aromatic rings. The summed E-state index contributed by atoms with van der Waals surface area (Å²) in [6.07, 6.45) is 0.638. The number of hydrogen-bond acceptors (Lipinski definition) is 6. The predicted octanol–water partition coefficient (Wildman–Crippen LogP) is 3.69. The molecule has 1 aromatic carbocycles. The van der Waals surface area contributed by atoms with Gasteiger partial charge in [-0.1, -0.05) is 11.2 Å². The van der Waals surface area contributed by atoms with Crippen LogP contribution >= 0.6 is 11.3 Å². The fraction of sp³-hybridized carbons (Fsp3) is 0.235. The Morgan fingerprint density at radius 1 is 1.38 bits per heavy atom. The van der Waals surface area contributed by atoms with Crippen molar-refractivity contribution in [3.8, 4) is 17.1 Å². The minimum atomic E-state index is -0.130. The summed E-state index contributed by atoms with van der Waals surface area (Å²) in [5, 5.41) is 10.7. The average molecular weight is 343 g/mol. The molecule has 0 spiro atoms. The molecule has 1 N–H and O–H groups in total. The normalized spacial score (nSPS) is 10.6. The van der Waals surface area contributed by atoms with Crippen molar-refractivity contribution < 1.29 is 14.1 Å². The van der Waals surface area contributed by atoms with Gasteiger partial charge < -0.3 is 14.6 Å². The second kappa shape index (κ2) is 7.27. The Labute approximate surface area is 143 Å². The van der Waals surface area contributed by atoms with Crippen LogP contribution in [0, 0.1) is 6.92 Å². The van der Waals surface area contributed by atoms with Gasteiger partial charge in [0.15, 0.2) is 0 Å². The van der Waals surface area contributed by atoms with Gasteiger partial charge in [0.05, 0.1) is 12.8 Å². The van der Waals surface area contributed by atoms with E-state index in [1.165, 1.54) is 0 Å². The first-order valence-corrected chi connectivity index (χ1v) is 8.39. The largest absolute Gasteiger partial charge is 0.495 e. The van der Waals surface area contributed by atoms with Crippen molar-refractivity contribution in [1.29, 1.82) is 0 Å². The minimum absolute atomic E-state index is 0.130. The molecule has 6 nitrogen and oxygen atoms in total. The highest BCUT2D eigenvalue weighted by Gasteiger charge is 2.12. The number of carbonyl (C=O) groups is 1. The van der Waals surface area contributed by atoms with E-state index in [9.17, 15) is 4.79 Å². The lowest BCUT2D eigenvalue weighted by molar-refractivity contribution is -0.116. The van der Waals surface area contributed by atoms with E-state index in [1.807, 2.05) is 41.9 Å². The number of thiophene rings is 1. The van der Waals surface area contributed by atoms with Crippen LogP contribution in [0.4, 0.5) is 5.69 Å². The van der Waals surface area contributed by atoms with Crippen LogP contribution in [-0.2, 0) is 11.2 Å². The Morgan fingerprint density at radius 3 is 3.00 bits per heavy atom. The monoisotopic (exact) mass is 343 g/mol. The Balaban J connectivity index is 1.59. The van der Waals surface area contributed by atoms with Crippen LogP contribution in [0.2, 0.25) is 0 Å². The third-order valence-electron chi connectivity index (χ3n) is 3.44. The molecule has 0 bridgehead atoms. The number of carbonyl (C=O) groups excluding carboxylic acids is 1. The highest BCUT2D eigenvalue weighted by molar-refractivity contribution is 7.08. The number of nitrogens with one attached hydrogen (secondary N) is 1. The smallest absolute Gasteiger partial charge is 0.227 e. The number of amides is 1. The van der Waals surface area contributed by atoms with E-state index in [0.717, 1.165) is 11.1 Å². The maximum atomic E-state index is 12.1. The van der Waals surface area contributed by atoms with Gasteiger partial charge in [-0.3, -0.25) is 4.79 Å². The number of nitrogens with zero attached hydrogens (tertiary/aromatic N) is 2. The molecule has 124 valence electrons. The first-order chi connectivity index (χ1) is 11.7. The lowest BCUT2D eigenvalue weighted by Gasteiger charge is -2.10. The maximum absolute atomic E-state index is 12.1. The lowest BCUT2D eigenvalue weighted by Crippen LogP contribution is -2.13. The summed E-state index contributed by atoms with van der Waals surface area (Å²) in [5.41, 5.74) is 2.62. The summed E-state index contributed by atoms with van der Waals surface area (Å²) in [6, 6.07) is 7.56. The molecule has 0 saturated heterocycles. The molecule has 0 fully saturated rings. The first kappa shape index (κ1) is 16.2. The van der Waals surface area contributed by atoms with E-state index >= 15 is 0 Å². The SMILES string of the molecule is COc1ccc(C)cc1NC(=O)CCc1nc(-c2ccsc2)no1. The van der Waals surface area contributed by atoms with E-state index in [2.05, 4.69) is 15.5 Å². The van der Waals surface area contributed by atoms with Crippen LogP contribution in [0.15, 0.2) is 39.5 Å². The number of aromatic nitrogens is 2. The van der Waals surface area contributed by atoms with Crippen LogP contribution in [0.25, 0.3) is 11.4 Å². The summed E-state index contributed by atoms with van der Waals surface area (Å²) in [7, 11) is 1.57. The summed E-state index contributed by atoms with van der Waals surface area (Å²) < 4.78 is 10.4. The average Bonchev–Trinajstić information content (AvgIpc) is 3.24. The third-order valence-corrected chi connectivity index (χ3v) is 4.13. The molecule has 24 heavy (non-hydrogen) atoms. The summed E-state index contributed by atoms with van der Waals surface area (Å²) >= 11 is 1.57. The third kappa shape index (κ3) is 3.80. The predicted molar refractivity (Wildman–Crippen MR) is 92.3 cm³/mol. The number of methoxy groups -OCH3 is 1. The van der Waals surface area contributed by atoms with Gasteiger partial charge in [-0.05, 0) is 36.1 Å². The van der Waals surface area contributed by atoms with E-state index in [-0.39, 0.29) is 12.3 Å². The number of hydrogen-bond donors (Lipinski definition) is 1. The molecule has 7 heteroatoms. The fourth-order valence-corrected chi connectivity index (χ4v) is 2.85. The minimum Gasteiger partial charge on any atom is -0.495 e. The van der Waals surface area contributed by atoms with Gasteiger partial charge in [0, 0.05) is 23.8 Å². The Kier molecular flexibility index (Phi) is 4.90.